The lowest BCUT2D eigenvalue weighted by molar-refractivity contribution is 0.0121. The fourth-order valence-electron chi connectivity index (χ4n) is 3.84. The van der Waals surface area contributed by atoms with Gasteiger partial charge in [0.05, 0.1) is 0 Å². The van der Waals surface area contributed by atoms with Crippen LogP contribution in [-0.4, -0.2) is 29.1 Å². The number of piperazine rings is 1. The molecule has 0 bridgehead atoms. The highest BCUT2D eigenvalue weighted by atomic mass is 35.5. The minimum absolute atomic E-state index is 0.0909. The molecule has 2 aliphatic rings. The standard InChI is InChI=1S/C17H24ClFN2/c1-16(2)12-21(17(11-20-16)7-3-4-8-17)10-13-9-14(19)5-6-15(13)18/h5-6,9,20H,3-4,7-8,10-12H2,1-2H3. The van der Waals surface area contributed by atoms with Crippen molar-refractivity contribution in [1.82, 2.24) is 10.2 Å². The first-order chi connectivity index (χ1) is 9.90. The van der Waals surface area contributed by atoms with Gasteiger partial charge in [-0.15, -0.1) is 0 Å². The van der Waals surface area contributed by atoms with E-state index < -0.39 is 0 Å². The summed E-state index contributed by atoms with van der Waals surface area (Å²) in [7, 11) is 0. The molecule has 116 valence electrons. The molecule has 4 heteroatoms. The third-order valence-electron chi connectivity index (χ3n) is 5.06. The fourth-order valence-corrected chi connectivity index (χ4v) is 4.01. The maximum atomic E-state index is 13.5. The summed E-state index contributed by atoms with van der Waals surface area (Å²) in [5.74, 6) is -0.204. The lowest BCUT2D eigenvalue weighted by Crippen LogP contribution is -2.67. The number of hydrogen-bond donors (Lipinski definition) is 1. The topological polar surface area (TPSA) is 15.3 Å². The van der Waals surface area contributed by atoms with Crippen molar-refractivity contribution >= 4 is 11.6 Å². The van der Waals surface area contributed by atoms with Crippen molar-refractivity contribution < 1.29 is 4.39 Å². The first-order valence-corrected chi connectivity index (χ1v) is 8.22. The molecule has 0 amide bonds. The highest BCUT2D eigenvalue weighted by molar-refractivity contribution is 6.31. The Labute approximate surface area is 131 Å². The Bertz CT molecular complexity index is 524. The molecule has 21 heavy (non-hydrogen) atoms. The molecule has 1 saturated heterocycles. The Hall–Kier alpha value is -0.640. The second-order valence-electron chi connectivity index (χ2n) is 7.26. The van der Waals surface area contributed by atoms with Crippen molar-refractivity contribution in [1.29, 1.82) is 0 Å². The molecular formula is C17H24ClFN2. The van der Waals surface area contributed by atoms with Crippen LogP contribution in [0.3, 0.4) is 0 Å². The van der Waals surface area contributed by atoms with E-state index in [1.165, 1.54) is 31.7 Å². The van der Waals surface area contributed by atoms with Crippen LogP contribution in [0, 0.1) is 5.82 Å². The molecule has 0 radical (unpaired) electrons. The molecule has 0 unspecified atom stereocenters. The van der Waals surface area contributed by atoms with E-state index in [-0.39, 0.29) is 16.9 Å². The van der Waals surface area contributed by atoms with Crippen LogP contribution >= 0.6 is 11.6 Å². The number of halogens is 2. The van der Waals surface area contributed by atoms with Crippen LogP contribution in [0.2, 0.25) is 5.02 Å². The lowest BCUT2D eigenvalue weighted by atomic mass is 9.86. The van der Waals surface area contributed by atoms with Gasteiger partial charge in [-0.2, -0.15) is 0 Å². The van der Waals surface area contributed by atoms with Crippen molar-refractivity contribution in [3.05, 3.63) is 34.6 Å². The molecule has 0 atom stereocenters. The van der Waals surface area contributed by atoms with Crippen LogP contribution in [0.1, 0.15) is 45.1 Å². The van der Waals surface area contributed by atoms with Crippen LogP contribution in [0.5, 0.6) is 0 Å². The molecular weight excluding hydrogens is 287 g/mol. The normalized spacial score (nSPS) is 24.6. The third-order valence-corrected chi connectivity index (χ3v) is 5.42. The van der Waals surface area contributed by atoms with Crippen molar-refractivity contribution in [3.8, 4) is 0 Å². The largest absolute Gasteiger partial charge is 0.309 e. The van der Waals surface area contributed by atoms with E-state index in [1.54, 1.807) is 12.1 Å². The van der Waals surface area contributed by atoms with Crippen LogP contribution in [0.25, 0.3) is 0 Å². The highest BCUT2D eigenvalue weighted by Gasteiger charge is 2.45. The molecule has 1 spiro atoms. The first-order valence-electron chi connectivity index (χ1n) is 7.84. The zero-order chi connectivity index (χ0) is 15.1. The van der Waals surface area contributed by atoms with E-state index in [1.807, 2.05) is 0 Å². The molecule has 1 N–H and O–H groups in total. The SMILES string of the molecule is CC1(C)CN(Cc2cc(F)ccc2Cl)C2(CCCC2)CN1. The van der Waals surface area contributed by atoms with Gasteiger partial charge in [0.15, 0.2) is 0 Å². The Morgan fingerprint density at radius 3 is 2.71 bits per heavy atom. The first kappa shape index (κ1) is 15.3. The smallest absolute Gasteiger partial charge is 0.123 e. The van der Waals surface area contributed by atoms with Crippen molar-refractivity contribution in [2.24, 2.45) is 0 Å². The Morgan fingerprint density at radius 2 is 2.00 bits per heavy atom. The zero-order valence-electron chi connectivity index (χ0n) is 12.9. The summed E-state index contributed by atoms with van der Waals surface area (Å²) in [5.41, 5.74) is 1.22. The molecule has 3 rings (SSSR count). The summed E-state index contributed by atoms with van der Waals surface area (Å²) in [6, 6.07) is 4.68. The van der Waals surface area contributed by atoms with E-state index in [2.05, 4.69) is 24.1 Å². The van der Waals surface area contributed by atoms with Gasteiger partial charge >= 0.3 is 0 Å². The monoisotopic (exact) mass is 310 g/mol. The van der Waals surface area contributed by atoms with Gasteiger partial charge in [-0.1, -0.05) is 24.4 Å². The molecule has 0 aromatic heterocycles. The second kappa shape index (κ2) is 5.53. The van der Waals surface area contributed by atoms with E-state index in [4.69, 9.17) is 11.6 Å². The van der Waals surface area contributed by atoms with Gasteiger partial charge < -0.3 is 5.32 Å². The van der Waals surface area contributed by atoms with E-state index in [9.17, 15) is 4.39 Å². The van der Waals surface area contributed by atoms with E-state index >= 15 is 0 Å². The summed E-state index contributed by atoms with van der Waals surface area (Å²) in [6.45, 7) is 7.19. The summed E-state index contributed by atoms with van der Waals surface area (Å²) in [6.07, 6.45) is 5.02. The number of benzene rings is 1. The van der Waals surface area contributed by atoms with Gasteiger partial charge in [0, 0.05) is 35.7 Å². The zero-order valence-corrected chi connectivity index (χ0v) is 13.6. The van der Waals surface area contributed by atoms with Crippen LogP contribution < -0.4 is 5.32 Å². The minimum Gasteiger partial charge on any atom is -0.309 e. The van der Waals surface area contributed by atoms with Gasteiger partial charge in [-0.3, -0.25) is 4.90 Å². The quantitative estimate of drug-likeness (QED) is 0.889. The Kier molecular flexibility index (Phi) is 4.02. The third kappa shape index (κ3) is 3.10. The molecule has 1 heterocycles. The summed E-state index contributed by atoms with van der Waals surface area (Å²) >= 11 is 6.27. The number of rotatable bonds is 2. The molecule has 1 aromatic carbocycles. The van der Waals surface area contributed by atoms with Gasteiger partial charge in [-0.05, 0) is 50.5 Å². The number of nitrogens with zero attached hydrogens (tertiary/aromatic N) is 1. The van der Waals surface area contributed by atoms with Gasteiger partial charge in [0.25, 0.3) is 0 Å². The number of nitrogens with one attached hydrogen (secondary N) is 1. The fraction of sp³-hybridized carbons (Fsp3) is 0.647. The van der Waals surface area contributed by atoms with Crippen molar-refractivity contribution in [2.75, 3.05) is 13.1 Å². The van der Waals surface area contributed by atoms with Crippen molar-refractivity contribution in [3.63, 3.8) is 0 Å². The molecule has 1 aliphatic heterocycles. The van der Waals surface area contributed by atoms with Gasteiger partial charge in [0.1, 0.15) is 5.82 Å². The molecule has 1 aliphatic carbocycles. The Morgan fingerprint density at radius 1 is 1.29 bits per heavy atom. The van der Waals surface area contributed by atoms with E-state index in [0.29, 0.717) is 5.02 Å². The van der Waals surface area contributed by atoms with Crippen LogP contribution in [-0.2, 0) is 6.54 Å². The molecule has 2 fully saturated rings. The molecule has 1 saturated carbocycles. The van der Waals surface area contributed by atoms with Gasteiger partial charge in [-0.25, -0.2) is 4.39 Å². The minimum atomic E-state index is -0.204. The average molecular weight is 311 g/mol. The predicted octanol–water partition coefficient (Wildman–Crippen LogP) is 3.98. The summed E-state index contributed by atoms with van der Waals surface area (Å²) in [5, 5.41) is 4.35. The number of hydrogen-bond acceptors (Lipinski definition) is 2. The summed E-state index contributed by atoms with van der Waals surface area (Å²) < 4.78 is 13.5. The maximum absolute atomic E-state index is 13.5. The predicted molar refractivity (Wildman–Crippen MR) is 85.1 cm³/mol. The molecule has 2 nitrogen and oxygen atoms in total. The van der Waals surface area contributed by atoms with E-state index in [0.717, 1.165) is 25.2 Å². The maximum Gasteiger partial charge on any atom is 0.123 e. The Balaban J connectivity index is 1.87. The lowest BCUT2D eigenvalue weighted by Gasteiger charge is -2.51. The van der Waals surface area contributed by atoms with Gasteiger partial charge in [0.2, 0.25) is 0 Å². The highest BCUT2D eigenvalue weighted by Crippen LogP contribution is 2.39. The van der Waals surface area contributed by atoms with Crippen LogP contribution in [0.15, 0.2) is 18.2 Å². The summed E-state index contributed by atoms with van der Waals surface area (Å²) in [4.78, 5) is 2.54. The second-order valence-corrected chi connectivity index (χ2v) is 7.67. The molecule has 1 aromatic rings. The van der Waals surface area contributed by atoms with Crippen LogP contribution in [0.4, 0.5) is 4.39 Å². The van der Waals surface area contributed by atoms with Crippen molar-refractivity contribution in [2.45, 2.75) is 57.2 Å². The average Bonchev–Trinajstić information content (AvgIpc) is 2.88.